The fourth-order valence-electron chi connectivity index (χ4n) is 3.22. The predicted molar refractivity (Wildman–Crippen MR) is 108 cm³/mol. The van der Waals surface area contributed by atoms with Crippen LogP contribution in [0.3, 0.4) is 0 Å². The molecule has 1 aromatic rings. The molecule has 27 heavy (non-hydrogen) atoms. The number of aliphatic hydroxyl groups excluding tert-OH is 1. The third-order valence-corrected chi connectivity index (χ3v) is 4.83. The molecule has 0 amide bonds. The van der Waals surface area contributed by atoms with E-state index >= 15 is 0 Å². The molecule has 0 saturated carbocycles. The van der Waals surface area contributed by atoms with Gasteiger partial charge in [-0.3, -0.25) is 0 Å². The van der Waals surface area contributed by atoms with E-state index in [1.54, 1.807) is 7.11 Å². The summed E-state index contributed by atoms with van der Waals surface area (Å²) in [6.45, 7) is 12.1. The summed E-state index contributed by atoms with van der Waals surface area (Å²) in [7, 11) is 1.61. The van der Waals surface area contributed by atoms with Crippen LogP contribution in [0.25, 0.3) is 5.57 Å². The summed E-state index contributed by atoms with van der Waals surface area (Å²) in [4.78, 5) is 0. The fourth-order valence-corrected chi connectivity index (χ4v) is 3.22. The Balaban J connectivity index is 2.51. The van der Waals surface area contributed by atoms with Crippen molar-refractivity contribution in [2.75, 3.05) is 40.1 Å². The molecule has 0 bridgehead atoms. The number of rotatable bonds is 11. The maximum absolute atomic E-state index is 9.72. The monoisotopic (exact) mass is 376 g/mol. The Morgan fingerprint density at radius 1 is 1.26 bits per heavy atom. The van der Waals surface area contributed by atoms with Crippen molar-refractivity contribution in [2.45, 2.75) is 33.6 Å². The van der Waals surface area contributed by atoms with Crippen LogP contribution < -0.4 is 14.2 Å². The van der Waals surface area contributed by atoms with Crippen molar-refractivity contribution < 1.29 is 24.1 Å². The first kappa shape index (κ1) is 21.3. The Morgan fingerprint density at radius 2 is 2.00 bits per heavy atom. The summed E-state index contributed by atoms with van der Waals surface area (Å²) >= 11 is 0. The highest BCUT2D eigenvalue weighted by molar-refractivity contribution is 5.82. The molecule has 5 nitrogen and oxygen atoms in total. The molecule has 0 aromatic heterocycles. The third-order valence-electron chi connectivity index (χ3n) is 4.83. The third kappa shape index (κ3) is 4.66. The van der Waals surface area contributed by atoms with E-state index in [-0.39, 0.29) is 12.0 Å². The summed E-state index contributed by atoms with van der Waals surface area (Å²) in [6, 6.07) is 3.89. The lowest BCUT2D eigenvalue weighted by molar-refractivity contribution is -0.153. The van der Waals surface area contributed by atoms with Crippen LogP contribution in [-0.4, -0.2) is 45.3 Å². The van der Waals surface area contributed by atoms with E-state index in [0.29, 0.717) is 43.7 Å². The highest BCUT2D eigenvalue weighted by atomic mass is 16.5. The summed E-state index contributed by atoms with van der Waals surface area (Å²) in [6.07, 6.45) is 3.89. The zero-order chi connectivity index (χ0) is 19.9. The van der Waals surface area contributed by atoms with Gasteiger partial charge in [0.2, 0.25) is 5.75 Å². The second-order valence-electron chi connectivity index (χ2n) is 6.99. The number of benzene rings is 1. The minimum absolute atomic E-state index is 0.0226. The van der Waals surface area contributed by atoms with Gasteiger partial charge in [0.1, 0.15) is 6.61 Å². The Morgan fingerprint density at radius 3 is 2.48 bits per heavy atom. The van der Waals surface area contributed by atoms with Crippen molar-refractivity contribution >= 4 is 5.57 Å². The summed E-state index contributed by atoms with van der Waals surface area (Å²) < 4.78 is 22.9. The van der Waals surface area contributed by atoms with Crippen LogP contribution in [0.2, 0.25) is 0 Å². The summed E-state index contributed by atoms with van der Waals surface area (Å²) in [5.74, 6) is 1.82. The second-order valence-corrected chi connectivity index (χ2v) is 6.99. The van der Waals surface area contributed by atoms with E-state index in [4.69, 9.17) is 18.9 Å². The van der Waals surface area contributed by atoms with Gasteiger partial charge in [0, 0.05) is 5.56 Å². The fraction of sp³-hybridized carbons (Fsp3) is 0.545. The van der Waals surface area contributed by atoms with Crippen molar-refractivity contribution in [1.82, 2.24) is 0 Å². The van der Waals surface area contributed by atoms with Gasteiger partial charge < -0.3 is 24.1 Å². The summed E-state index contributed by atoms with van der Waals surface area (Å²) in [5.41, 5.74) is 2.84. The van der Waals surface area contributed by atoms with Gasteiger partial charge >= 0.3 is 0 Å². The Hall–Kier alpha value is -1.98. The smallest absolute Gasteiger partial charge is 0.203 e. The van der Waals surface area contributed by atoms with Gasteiger partial charge in [0.05, 0.1) is 39.0 Å². The highest BCUT2D eigenvalue weighted by Gasteiger charge is 2.39. The molecule has 1 heterocycles. The Kier molecular flexibility index (Phi) is 7.75. The van der Waals surface area contributed by atoms with Crippen LogP contribution in [0.15, 0.2) is 30.4 Å². The molecule has 2 rings (SSSR count). The number of hydrogen-bond acceptors (Lipinski definition) is 5. The first-order valence-corrected chi connectivity index (χ1v) is 9.53. The molecule has 1 fully saturated rings. The van der Waals surface area contributed by atoms with Gasteiger partial charge in [0.15, 0.2) is 11.5 Å². The maximum Gasteiger partial charge on any atom is 0.203 e. The maximum atomic E-state index is 9.72. The molecule has 1 aliphatic heterocycles. The number of methoxy groups -OCH3 is 1. The van der Waals surface area contributed by atoms with Gasteiger partial charge in [-0.25, -0.2) is 0 Å². The van der Waals surface area contributed by atoms with Gasteiger partial charge in [-0.05, 0) is 38.0 Å². The largest absolute Gasteiger partial charge is 0.490 e. The van der Waals surface area contributed by atoms with Crippen LogP contribution >= 0.6 is 0 Å². The molecule has 0 unspecified atom stereocenters. The van der Waals surface area contributed by atoms with E-state index in [0.717, 1.165) is 24.0 Å². The summed E-state index contributed by atoms with van der Waals surface area (Å²) in [5, 5.41) is 9.72. The molecule has 150 valence electrons. The first-order valence-electron chi connectivity index (χ1n) is 9.53. The quantitative estimate of drug-likeness (QED) is 0.586. The number of ether oxygens (including phenoxy) is 4. The molecular formula is C22H32O5. The first-order chi connectivity index (χ1) is 13.1. The van der Waals surface area contributed by atoms with Crippen molar-refractivity contribution in [3.8, 4) is 17.2 Å². The predicted octanol–water partition coefficient (Wildman–Crippen LogP) is 4.24. The lowest BCUT2D eigenvalue weighted by Gasteiger charge is -2.39. The Bertz CT molecular complexity index is 668. The molecule has 1 aromatic carbocycles. The molecular weight excluding hydrogens is 344 g/mol. The van der Waals surface area contributed by atoms with E-state index in [1.165, 1.54) is 5.57 Å². The van der Waals surface area contributed by atoms with Crippen LogP contribution in [0.4, 0.5) is 0 Å². The molecule has 1 saturated heterocycles. The molecule has 0 spiro atoms. The number of aliphatic hydroxyl groups is 1. The van der Waals surface area contributed by atoms with Gasteiger partial charge in [-0.15, -0.1) is 0 Å². The van der Waals surface area contributed by atoms with Crippen molar-refractivity contribution in [1.29, 1.82) is 0 Å². The minimum Gasteiger partial charge on any atom is -0.490 e. The Labute approximate surface area is 162 Å². The average Bonchev–Trinajstić information content (AvgIpc) is 2.63. The number of hydrogen-bond donors (Lipinski definition) is 1. The van der Waals surface area contributed by atoms with Crippen molar-refractivity contribution in [3.63, 3.8) is 0 Å². The van der Waals surface area contributed by atoms with E-state index in [9.17, 15) is 5.11 Å². The minimum atomic E-state index is -0.361. The van der Waals surface area contributed by atoms with Crippen LogP contribution in [0.5, 0.6) is 17.2 Å². The average molecular weight is 376 g/mol. The SMILES string of the molecule is C=CC(=C(C)CCC)c1ccc(OCC)c(OC)c1OCC1(CO)COC1. The van der Waals surface area contributed by atoms with Crippen LogP contribution in [0.1, 0.15) is 39.2 Å². The molecule has 5 heteroatoms. The van der Waals surface area contributed by atoms with Gasteiger partial charge in [0.25, 0.3) is 0 Å². The molecule has 1 aliphatic rings. The highest BCUT2D eigenvalue weighted by Crippen LogP contribution is 2.45. The lowest BCUT2D eigenvalue weighted by Crippen LogP contribution is -2.50. The zero-order valence-corrected chi connectivity index (χ0v) is 17.0. The van der Waals surface area contributed by atoms with Gasteiger partial charge in [-0.1, -0.05) is 31.6 Å². The van der Waals surface area contributed by atoms with Crippen LogP contribution in [-0.2, 0) is 4.74 Å². The van der Waals surface area contributed by atoms with E-state index in [1.807, 2.05) is 25.1 Å². The molecule has 1 N–H and O–H groups in total. The van der Waals surface area contributed by atoms with Crippen molar-refractivity contribution in [2.24, 2.45) is 5.41 Å². The van der Waals surface area contributed by atoms with Crippen LogP contribution in [0, 0.1) is 5.41 Å². The van der Waals surface area contributed by atoms with Crippen molar-refractivity contribution in [3.05, 3.63) is 35.9 Å². The zero-order valence-electron chi connectivity index (χ0n) is 17.0. The topological polar surface area (TPSA) is 57.2 Å². The molecule has 0 aliphatic carbocycles. The normalized spacial score (nSPS) is 16.2. The standard InChI is InChI=1S/C22H32O5/c1-6-9-16(4)17(7-2)18-10-11-19(26-8-3)21(24-5)20(18)27-15-22(12-23)13-25-14-22/h7,10-11,23H,2,6,8-9,12-15H2,1,3-5H3. The molecule has 0 atom stereocenters. The molecule has 0 radical (unpaired) electrons. The lowest BCUT2D eigenvalue weighted by atomic mass is 9.88. The van der Waals surface area contributed by atoms with Gasteiger partial charge in [-0.2, -0.15) is 0 Å². The second kappa shape index (κ2) is 9.81. The van der Waals surface area contributed by atoms with E-state index < -0.39 is 0 Å². The van der Waals surface area contributed by atoms with E-state index in [2.05, 4.69) is 20.4 Å². The number of allylic oxidation sites excluding steroid dienone is 3.